The number of hydrogen-bond donors (Lipinski definition) is 2. The molecule has 3 rings (SSSR count). The quantitative estimate of drug-likeness (QED) is 0.703. The van der Waals surface area contributed by atoms with Gasteiger partial charge in [0.1, 0.15) is 5.52 Å². The average Bonchev–Trinajstić information content (AvgIpc) is 2.89. The first kappa shape index (κ1) is 14.8. The van der Waals surface area contributed by atoms with Gasteiger partial charge in [0, 0.05) is 5.56 Å². The van der Waals surface area contributed by atoms with Gasteiger partial charge in [-0.1, -0.05) is 46.7 Å². The van der Waals surface area contributed by atoms with Crippen molar-refractivity contribution >= 4 is 44.2 Å². The van der Waals surface area contributed by atoms with Gasteiger partial charge in [0.25, 0.3) is 5.91 Å². The highest BCUT2D eigenvalue weighted by molar-refractivity contribution is 7.22. The largest absolute Gasteiger partial charge is 0.273 e. The maximum atomic E-state index is 12.2. The van der Waals surface area contributed by atoms with Crippen molar-refractivity contribution in [1.82, 2.24) is 10.4 Å². The van der Waals surface area contributed by atoms with Gasteiger partial charge in [-0.15, -0.1) is 0 Å². The first-order valence-electron chi connectivity index (χ1n) is 6.73. The van der Waals surface area contributed by atoms with Crippen LogP contribution in [0.1, 0.15) is 21.5 Å². The van der Waals surface area contributed by atoms with Crippen molar-refractivity contribution in [2.75, 3.05) is 5.43 Å². The number of thiazole rings is 1. The number of nitrogens with zero attached hydrogens (tertiary/aromatic N) is 1. The second-order valence-electron chi connectivity index (χ2n) is 5.00. The van der Waals surface area contributed by atoms with Crippen molar-refractivity contribution in [3.8, 4) is 0 Å². The molecule has 0 radical (unpaired) electrons. The van der Waals surface area contributed by atoms with Crippen molar-refractivity contribution in [2.24, 2.45) is 0 Å². The Morgan fingerprint density at radius 1 is 1.23 bits per heavy atom. The molecule has 3 aromatic rings. The average molecular weight is 332 g/mol. The lowest BCUT2D eigenvalue weighted by Crippen LogP contribution is -2.29. The fraction of sp³-hybridized carbons (Fsp3) is 0.125. The van der Waals surface area contributed by atoms with Crippen LogP contribution in [0, 0.1) is 13.8 Å². The van der Waals surface area contributed by atoms with Gasteiger partial charge in [-0.25, -0.2) is 4.98 Å². The standard InChI is InChI=1S/C16H14ClN3OS/c1-9-6-7-11(10(2)8-9)15(21)19-20-16-18-14-12(17)4-3-5-13(14)22-16/h3-8H,1-2H3,(H,18,20)(H,19,21). The summed E-state index contributed by atoms with van der Waals surface area (Å²) in [6, 6.07) is 11.3. The van der Waals surface area contributed by atoms with Crippen LogP contribution in [-0.4, -0.2) is 10.9 Å². The predicted molar refractivity (Wildman–Crippen MR) is 91.6 cm³/mol. The molecule has 22 heavy (non-hydrogen) atoms. The Hall–Kier alpha value is -2.11. The molecule has 1 amide bonds. The monoisotopic (exact) mass is 331 g/mol. The molecule has 2 N–H and O–H groups in total. The number of rotatable bonds is 3. The highest BCUT2D eigenvalue weighted by Crippen LogP contribution is 2.30. The summed E-state index contributed by atoms with van der Waals surface area (Å²) in [6.07, 6.45) is 0. The normalized spacial score (nSPS) is 10.7. The van der Waals surface area contributed by atoms with Crippen LogP contribution < -0.4 is 10.9 Å². The number of para-hydroxylation sites is 1. The Morgan fingerprint density at radius 3 is 2.77 bits per heavy atom. The molecule has 0 saturated heterocycles. The highest BCUT2D eigenvalue weighted by Gasteiger charge is 2.10. The summed E-state index contributed by atoms with van der Waals surface area (Å²) in [7, 11) is 0. The van der Waals surface area contributed by atoms with E-state index in [1.165, 1.54) is 11.3 Å². The van der Waals surface area contributed by atoms with E-state index in [0.717, 1.165) is 21.3 Å². The third-order valence-electron chi connectivity index (χ3n) is 3.28. The fourth-order valence-corrected chi connectivity index (χ4v) is 3.33. The molecule has 0 unspecified atom stereocenters. The van der Waals surface area contributed by atoms with Gasteiger partial charge < -0.3 is 0 Å². The van der Waals surface area contributed by atoms with Crippen LogP contribution in [0.2, 0.25) is 5.02 Å². The zero-order valence-corrected chi connectivity index (χ0v) is 13.7. The van der Waals surface area contributed by atoms with Crippen molar-refractivity contribution in [2.45, 2.75) is 13.8 Å². The van der Waals surface area contributed by atoms with E-state index in [-0.39, 0.29) is 5.91 Å². The third kappa shape index (κ3) is 2.91. The molecule has 0 saturated carbocycles. The molecule has 6 heteroatoms. The van der Waals surface area contributed by atoms with Crippen LogP contribution in [0.5, 0.6) is 0 Å². The van der Waals surface area contributed by atoms with Gasteiger partial charge in [-0.2, -0.15) is 0 Å². The molecule has 0 aliphatic heterocycles. The first-order chi connectivity index (χ1) is 10.5. The van der Waals surface area contributed by atoms with Crippen LogP contribution in [0.3, 0.4) is 0 Å². The molecule has 1 heterocycles. The summed E-state index contributed by atoms with van der Waals surface area (Å²) in [5, 5.41) is 1.20. The van der Waals surface area contributed by atoms with E-state index in [9.17, 15) is 4.79 Å². The van der Waals surface area contributed by atoms with Crippen LogP contribution in [-0.2, 0) is 0 Å². The number of halogens is 1. The van der Waals surface area contributed by atoms with E-state index < -0.39 is 0 Å². The smallest absolute Gasteiger partial charge is 0.269 e. The van der Waals surface area contributed by atoms with Crippen LogP contribution in [0.4, 0.5) is 5.13 Å². The zero-order valence-electron chi connectivity index (χ0n) is 12.1. The van der Waals surface area contributed by atoms with Gasteiger partial charge >= 0.3 is 0 Å². The number of anilines is 1. The van der Waals surface area contributed by atoms with Gasteiger partial charge in [0.15, 0.2) is 0 Å². The van der Waals surface area contributed by atoms with Crippen LogP contribution in [0.25, 0.3) is 10.2 Å². The molecule has 0 spiro atoms. The number of benzene rings is 2. The topological polar surface area (TPSA) is 54.0 Å². The summed E-state index contributed by atoms with van der Waals surface area (Å²) in [6.45, 7) is 3.91. The molecular weight excluding hydrogens is 318 g/mol. The van der Waals surface area contributed by atoms with Gasteiger partial charge in [-0.05, 0) is 37.6 Å². The van der Waals surface area contributed by atoms with Crippen molar-refractivity contribution in [1.29, 1.82) is 0 Å². The van der Waals surface area contributed by atoms with E-state index >= 15 is 0 Å². The van der Waals surface area contributed by atoms with E-state index in [1.807, 2.05) is 44.2 Å². The van der Waals surface area contributed by atoms with Gasteiger partial charge in [-0.3, -0.25) is 15.6 Å². The number of hydrazine groups is 1. The number of carbonyl (C=O) groups excluding carboxylic acids is 1. The minimum absolute atomic E-state index is 0.192. The molecular formula is C16H14ClN3OS. The SMILES string of the molecule is Cc1ccc(C(=O)NNc2nc3c(Cl)cccc3s2)c(C)c1. The van der Waals surface area contributed by atoms with Gasteiger partial charge in [0.2, 0.25) is 5.13 Å². The summed E-state index contributed by atoms with van der Waals surface area (Å²) in [4.78, 5) is 16.6. The molecule has 2 aromatic carbocycles. The summed E-state index contributed by atoms with van der Waals surface area (Å²) < 4.78 is 0.968. The number of hydrogen-bond acceptors (Lipinski definition) is 4. The lowest BCUT2D eigenvalue weighted by Gasteiger charge is -2.08. The van der Waals surface area contributed by atoms with Crippen molar-refractivity contribution in [3.05, 3.63) is 58.1 Å². The van der Waals surface area contributed by atoms with Crippen molar-refractivity contribution < 1.29 is 4.79 Å². The second-order valence-corrected chi connectivity index (χ2v) is 6.44. The summed E-state index contributed by atoms with van der Waals surface area (Å²) in [5.74, 6) is -0.192. The van der Waals surface area contributed by atoms with E-state index in [1.54, 1.807) is 6.07 Å². The number of aromatic nitrogens is 1. The number of carbonyl (C=O) groups is 1. The molecule has 1 aromatic heterocycles. The maximum absolute atomic E-state index is 12.2. The lowest BCUT2D eigenvalue weighted by atomic mass is 10.1. The Bertz CT molecular complexity index is 860. The molecule has 4 nitrogen and oxygen atoms in total. The summed E-state index contributed by atoms with van der Waals surface area (Å²) >= 11 is 7.53. The Morgan fingerprint density at radius 2 is 2.05 bits per heavy atom. The molecule has 0 aliphatic rings. The first-order valence-corrected chi connectivity index (χ1v) is 7.93. The number of fused-ring (bicyclic) bond motifs is 1. The van der Waals surface area contributed by atoms with Gasteiger partial charge in [0.05, 0.1) is 9.72 Å². The Labute approximate surface area is 137 Å². The molecule has 112 valence electrons. The van der Waals surface area contributed by atoms with E-state index in [4.69, 9.17) is 11.6 Å². The number of amides is 1. The van der Waals surface area contributed by atoms with E-state index in [0.29, 0.717) is 15.7 Å². The second kappa shape index (κ2) is 5.94. The Kier molecular flexibility index (Phi) is 4.00. The van der Waals surface area contributed by atoms with Crippen molar-refractivity contribution in [3.63, 3.8) is 0 Å². The fourth-order valence-electron chi connectivity index (χ4n) is 2.21. The maximum Gasteiger partial charge on any atom is 0.269 e. The minimum atomic E-state index is -0.192. The van der Waals surface area contributed by atoms with Crippen LogP contribution >= 0.6 is 22.9 Å². The zero-order chi connectivity index (χ0) is 15.7. The third-order valence-corrected chi connectivity index (χ3v) is 4.52. The molecule has 0 fully saturated rings. The molecule has 0 bridgehead atoms. The number of nitrogens with one attached hydrogen (secondary N) is 2. The van der Waals surface area contributed by atoms with Crippen LogP contribution in [0.15, 0.2) is 36.4 Å². The highest BCUT2D eigenvalue weighted by atomic mass is 35.5. The molecule has 0 aliphatic carbocycles. The summed E-state index contributed by atoms with van der Waals surface area (Å²) in [5.41, 5.74) is 8.96. The predicted octanol–water partition coefficient (Wildman–Crippen LogP) is 4.32. The molecule has 0 atom stereocenters. The number of aryl methyl sites for hydroxylation is 2. The van der Waals surface area contributed by atoms with E-state index in [2.05, 4.69) is 15.8 Å². The Balaban J connectivity index is 1.76. The lowest BCUT2D eigenvalue weighted by molar-refractivity contribution is 0.0962. The minimum Gasteiger partial charge on any atom is -0.273 e.